The van der Waals surface area contributed by atoms with Crippen LogP contribution in [0, 0.1) is 0 Å². The smallest absolute Gasteiger partial charge is 0.408 e. The first-order chi connectivity index (χ1) is 21.0. The van der Waals surface area contributed by atoms with Crippen molar-refractivity contribution in [3.05, 3.63) is 65.2 Å². The lowest BCUT2D eigenvalue weighted by Gasteiger charge is -2.36. The van der Waals surface area contributed by atoms with E-state index in [1.165, 1.54) is 68.7 Å². The molecule has 0 aromatic heterocycles. The molecule has 1 aliphatic rings. The number of anilines is 1. The fourth-order valence-corrected chi connectivity index (χ4v) is 11.0. The van der Waals surface area contributed by atoms with E-state index in [1.807, 2.05) is 36.4 Å². The number of nitrogens with zero attached hydrogens (tertiary/aromatic N) is 1. The summed E-state index contributed by atoms with van der Waals surface area (Å²) in [6.07, 6.45) is 12.7. The first-order valence-electron chi connectivity index (χ1n) is 16.6. The van der Waals surface area contributed by atoms with Crippen molar-refractivity contribution in [2.45, 2.75) is 111 Å². The molecule has 2 N–H and O–H groups in total. The molecule has 1 aliphatic heterocycles. The molecule has 3 rings (SSSR count). The normalized spacial score (nSPS) is 15.0. The van der Waals surface area contributed by atoms with E-state index in [0.29, 0.717) is 13.0 Å². The maximum Gasteiger partial charge on any atom is 0.408 e. The molecule has 0 fully saturated rings. The number of fused-ring (bicyclic) bond motifs is 1. The van der Waals surface area contributed by atoms with E-state index in [2.05, 4.69) is 43.5 Å². The van der Waals surface area contributed by atoms with Crippen LogP contribution in [0.2, 0.25) is 0 Å². The van der Waals surface area contributed by atoms with Crippen molar-refractivity contribution in [1.29, 1.82) is 0 Å². The Hall–Kier alpha value is -2.92. The predicted molar refractivity (Wildman–Crippen MR) is 184 cm³/mol. The summed E-state index contributed by atoms with van der Waals surface area (Å²) in [7, 11) is -1.08. The molecule has 1 unspecified atom stereocenters. The zero-order valence-corrected chi connectivity index (χ0v) is 28.8. The number of unbranched alkanes of at least 4 members (excludes halogenated alkanes) is 3. The van der Waals surface area contributed by atoms with Gasteiger partial charge in [-0.3, -0.25) is 9.59 Å². The minimum atomic E-state index is -1.08. The SMILES string of the molecule is CCCC[P+](CCCC)(CCCC)Cc1ccc(NC(=O)C2Cc3ccccc3CN2C(=O)CNC(=O)OC(C)(C)C)cc1. The Morgan fingerprint density at radius 2 is 1.43 bits per heavy atom. The Labute approximate surface area is 266 Å². The van der Waals surface area contributed by atoms with Gasteiger partial charge in [-0.2, -0.15) is 0 Å². The number of hydrogen-bond donors (Lipinski definition) is 2. The number of benzene rings is 2. The van der Waals surface area contributed by atoms with Crippen molar-refractivity contribution in [2.24, 2.45) is 0 Å². The molecule has 242 valence electrons. The second-order valence-corrected chi connectivity index (χ2v) is 17.6. The highest BCUT2D eigenvalue weighted by molar-refractivity contribution is 7.75. The molecule has 0 spiro atoms. The third-order valence-corrected chi connectivity index (χ3v) is 13.2. The lowest BCUT2D eigenvalue weighted by molar-refractivity contribution is -0.139. The number of rotatable bonds is 15. The molecule has 2 aromatic rings. The van der Waals surface area contributed by atoms with Gasteiger partial charge in [0.2, 0.25) is 11.8 Å². The second kappa shape index (κ2) is 17.0. The summed E-state index contributed by atoms with van der Waals surface area (Å²) < 4.78 is 5.28. The summed E-state index contributed by atoms with van der Waals surface area (Å²) >= 11 is 0. The van der Waals surface area contributed by atoms with Gasteiger partial charge in [0, 0.05) is 25.9 Å². The maximum atomic E-state index is 13.7. The molecule has 44 heavy (non-hydrogen) atoms. The van der Waals surface area contributed by atoms with Crippen LogP contribution in [0.1, 0.15) is 96.8 Å². The van der Waals surface area contributed by atoms with Crippen LogP contribution < -0.4 is 10.6 Å². The van der Waals surface area contributed by atoms with Crippen LogP contribution in [0.25, 0.3) is 0 Å². The maximum absolute atomic E-state index is 13.7. The number of amides is 3. The largest absolute Gasteiger partial charge is 0.444 e. The molecule has 1 atom stereocenters. The quantitative estimate of drug-likeness (QED) is 0.197. The van der Waals surface area contributed by atoms with Crippen LogP contribution in [-0.2, 0) is 33.5 Å². The van der Waals surface area contributed by atoms with Crippen molar-refractivity contribution in [3.8, 4) is 0 Å². The van der Waals surface area contributed by atoms with Gasteiger partial charge in [0.05, 0.1) is 24.6 Å². The van der Waals surface area contributed by atoms with Gasteiger partial charge in [-0.15, -0.1) is 0 Å². The summed E-state index contributed by atoms with van der Waals surface area (Å²) in [5.41, 5.74) is 3.48. The molecule has 0 radical (unpaired) electrons. The molecule has 3 amide bonds. The first kappa shape index (κ1) is 35.6. The fraction of sp³-hybridized carbons (Fsp3) is 0.583. The third kappa shape index (κ3) is 10.9. The van der Waals surface area contributed by atoms with Crippen LogP contribution in [-0.4, -0.2) is 59.5 Å². The van der Waals surface area contributed by atoms with E-state index >= 15 is 0 Å². The van der Waals surface area contributed by atoms with Gasteiger partial charge in [-0.1, -0.05) is 76.4 Å². The van der Waals surface area contributed by atoms with Gasteiger partial charge in [0.15, 0.2) is 0 Å². The number of alkyl carbamates (subject to hydrolysis) is 1. The summed E-state index contributed by atoms with van der Waals surface area (Å²) in [5, 5.41) is 5.63. The van der Waals surface area contributed by atoms with Crippen molar-refractivity contribution in [2.75, 3.05) is 30.3 Å². The lowest BCUT2D eigenvalue weighted by atomic mass is 9.93. The average Bonchev–Trinajstić information content (AvgIpc) is 3.00. The summed E-state index contributed by atoms with van der Waals surface area (Å²) in [5.74, 6) is -0.555. The number of carbonyl (C=O) groups is 3. The van der Waals surface area contributed by atoms with Crippen LogP contribution in [0.4, 0.5) is 10.5 Å². The van der Waals surface area contributed by atoms with Gasteiger partial charge < -0.3 is 20.3 Å². The van der Waals surface area contributed by atoms with E-state index in [4.69, 9.17) is 4.74 Å². The van der Waals surface area contributed by atoms with Gasteiger partial charge in [-0.05, 0) is 68.9 Å². The van der Waals surface area contributed by atoms with Gasteiger partial charge in [0.25, 0.3) is 0 Å². The number of nitrogens with one attached hydrogen (secondary N) is 2. The van der Waals surface area contributed by atoms with Crippen LogP contribution in [0.15, 0.2) is 48.5 Å². The Balaban J connectivity index is 1.73. The molecular formula is C36H55N3O4P+. The predicted octanol–water partition coefficient (Wildman–Crippen LogP) is 8.02. The Bertz CT molecular complexity index is 1200. The van der Waals surface area contributed by atoms with Gasteiger partial charge >= 0.3 is 6.09 Å². The number of carbonyl (C=O) groups excluding carboxylic acids is 3. The molecule has 0 saturated carbocycles. The van der Waals surface area contributed by atoms with E-state index in [9.17, 15) is 14.4 Å². The average molecular weight is 625 g/mol. The molecule has 0 saturated heterocycles. The second-order valence-electron chi connectivity index (χ2n) is 13.3. The highest BCUT2D eigenvalue weighted by atomic mass is 31.2. The fourth-order valence-electron chi connectivity index (χ4n) is 5.94. The number of ether oxygens (including phenoxy) is 1. The third-order valence-electron chi connectivity index (χ3n) is 8.35. The van der Waals surface area contributed by atoms with E-state index in [1.54, 1.807) is 25.7 Å². The standard InChI is InChI=1S/C36H54N3O4P/c1-7-10-21-44(22-11-8-2,23-12-9-3)27-28-17-19-31(20-18-28)38-34(41)32-24-29-15-13-14-16-30(29)26-39(32)33(40)25-37-35(42)43-36(4,5)6/h13-20,32H,7-12,21-27H2,1-6H3,(H-,37,38,41,42)/p+1. The van der Waals surface area contributed by atoms with Crippen molar-refractivity contribution in [1.82, 2.24) is 10.2 Å². The topological polar surface area (TPSA) is 87.7 Å². The highest BCUT2D eigenvalue weighted by Crippen LogP contribution is 2.63. The number of hydrogen-bond acceptors (Lipinski definition) is 4. The van der Waals surface area contributed by atoms with Crippen molar-refractivity contribution < 1.29 is 19.1 Å². The van der Waals surface area contributed by atoms with Crippen LogP contribution >= 0.6 is 7.26 Å². The summed E-state index contributed by atoms with van der Waals surface area (Å²) in [6, 6.07) is 15.6. The van der Waals surface area contributed by atoms with Crippen LogP contribution in [0.3, 0.4) is 0 Å². The Kier molecular flexibility index (Phi) is 13.7. The molecule has 1 heterocycles. The van der Waals surface area contributed by atoms with E-state index in [0.717, 1.165) is 16.8 Å². The van der Waals surface area contributed by atoms with Gasteiger partial charge in [-0.25, -0.2) is 4.79 Å². The summed E-state index contributed by atoms with van der Waals surface area (Å²) in [4.78, 5) is 40.8. The minimum absolute atomic E-state index is 0.228. The van der Waals surface area contributed by atoms with Gasteiger partial charge in [0.1, 0.15) is 18.2 Å². The Morgan fingerprint density at radius 1 is 0.864 bits per heavy atom. The highest BCUT2D eigenvalue weighted by Gasteiger charge is 2.36. The molecular weight excluding hydrogens is 569 g/mol. The summed E-state index contributed by atoms with van der Waals surface area (Å²) in [6.45, 7) is 12.3. The first-order valence-corrected chi connectivity index (χ1v) is 19.1. The molecule has 2 aromatic carbocycles. The molecule has 8 heteroatoms. The minimum Gasteiger partial charge on any atom is -0.444 e. The van der Waals surface area contributed by atoms with E-state index in [-0.39, 0.29) is 18.4 Å². The monoisotopic (exact) mass is 624 g/mol. The van der Waals surface area contributed by atoms with Crippen molar-refractivity contribution in [3.63, 3.8) is 0 Å². The van der Waals surface area contributed by atoms with Crippen LogP contribution in [0.5, 0.6) is 0 Å². The zero-order chi connectivity index (χ0) is 32.2. The molecule has 7 nitrogen and oxygen atoms in total. The molecule has 0 bridgehead atoms. The van der Waals surface area contributed by atoms with E-state index < -0.39 is 25.0 Å². The Morgan fingerprint density at radius 3 is 1.98 bits per heavy atom. The van der Waals surface area contributed by atoms with Crippen molar-refractivity contribution >= 4 is 30.9 Å². The molecule has 0 aliphatic carbocycles. The lowest BCUT2D eigenvalue weighted by Crippen LogP contribution is -2.53. The zero-order valence-electron chi connectivity index (χ0n) is 27.9.